The summed E-state index contributed by atoms with van der Waals surface area (Å²) in [6.07, 6.45) is 5.10. The van der Waals surface area contributed by atoms with E-state index in [4.69, 9.17) is 0 Å². The lowest BCUT2D eigenvalue weighted by Crippen LogP contribution is -2.34. The number of amides is 1. The highest BCUT2D eigenvalue weighted by atomic mass is 19.1. The molecule has 0 saturated heterocycles. The van der Waals surface area contributed by atoms with Crippen LogP contribution in [0.4, 0.5) is 4.39 Å². The maximum Gasteiger partial charge on any atom is 0.276 e. The average molecular weight is 342 g/mol. The van der Waals surface area contributed by atoms with Crippen molar-refractivity contribution < 1.29 is 9.18 Å². The highest BCUT2D eigenvalue weighted by Gasteiger charge is 2.18. The maximum absolute atomic E-state index is 13.7. The third-order valence-electron chi connectivity index (χ3n) is 3.88. The van der Waals surface area contributed by atoms with E-state index in [9.17, 15) is 9.18 Å². The zero-order chi connectivity index (χ0) is 17.6. The summed E-state index contributed by atoms with van der Waals surface area (Å²) in [5.41, 5.74) is 0.746. The molecule has 0 radical (unpaired) electrons. The van der Waals surface area contributed by atoms with Crippen molar-refractivity contribution in [3.8, 4) is 0 Å². The molecule has 2 aromatic heterocycles. The summed E-state index contributed by atoms with van der Waals surface area (Å²) in [6.45, 7) is 3.82. The van der Waals surface area contributed by atoms with E-state index >= 15 is 0 Å². The van der Waals surface area contributed by atoms with E-state index in [-0.39, 0.29) is 24.0 Å². The molecular formula is C17H19FN6O. The van der Waals surface area contributed by atoms with Crippen LogP contribution in [0.1, 0.15) is 23.0 Å². The number of hydrogen-bond donors (Lipinski definition) is 0. The van der Waals surface area contributed by atoms with Crippen molar-refractivity contribution in [3.63, 3.8) is 0 Å². The minimum absolute atomic E-state index is 0.200. The van der Waals surface area contributed by atoms with Crippen LogP contribution in [-0.2, 0) is 13.1 Å². The number of aromatic nitrogens is 5. The first-order chi connectivity index (χ1) is 12.2. The first-order valence-electron chi connectivity index (χ1n) is 8.07. The Morgan fingerprint density at radius 2 is 2.08 bits per heavy atom. The second-order valence-electron chi connectivity index (χ2n) is 5.55. The Balaban J connectivity index is 1.65. The van der Waals surface area contributed by atoms with Gasteiger partial charge in [-0.05, 0) is 19.1 Å². The van der Waals surface area contributed by atoms with Crippen LogP contribution in [0.5, 0.6) is 0 Å². The number of benzene rings is 1. The third-order valence-corrected chi connectivity index (χ3v) is 3.88. The second kappa shape index (κ2) is 7.69. The molecule has 0 bridgehead atoms. The largest absolute Gasteiger partial charge is 0.336 e. The van der Waals surface area contributed by atoms with Gasteiger partial charge >= 0.3 is 0 Å². The summed E-state index contributed by atoms with van der Waals surface area (Å²) in [5, 5.41) is 12.0. The summed E-state index contributed by atoms with van der Waals surface area (Å²) >= 11 is 0. The zero-order valence-electron chi connectivity index (χ0n) is 13.9. The number of carbonyl (C=O) groups excluding carboxylic acids is 1. The van der Waals surface area contributed by atoms with Gasteiger partial charge in [0.1, 0.15) is 5.82 Å². The van der Waals surface area contributed by atoms with Gasteiger partial charge in [-0.2, -0.15) is 5.10 Å². The quantitative estimate of drug-likeness (QED) is 0.657. The molecule has 0 aliphatic rings. The number of nitrogens with zero attached hydrogens (tertiary/aromatic N) is 6. The first kappa shape index (κ1) is 16.8. The molecule has 25 heavy (non-hydrogen) atoms. The monoisotopic (exact) mass is 342 g/mol. The normalized spacial score (nSPS) is 10.8. The van der Waals surface area contributed by atoms with Gasteiger partial charge in [0.15, 0.2) is 5.69 Å². The fourth-order valence-electron chi connectivity index (χ4n) is 2.50. The predicted octanol–water partition coefficient (Wildman–Crippen LogP) is 1.82. The van der Waals surface area contributed by atoms with Gasteiger partial charge in [-0.1, -0.05) is 23.4 Å². The zero-order valence-corrected chi connectivity index (χ0v) is 13.9. The predicted molar refractivity (Wildman–Crippen MR) is 89.3 cm³/mol. The van der Waals surface area contributed by atoms with E-state index in [1.54, 1.807) is 40.2 Å². The molecule has 0 fully saturated rings. The van der Waals surface area contributed by atoms with Crippen LogP contribution in [-0.4, -0.2) is 48.7 Å². The van der Waals surface area contributed by atoms with E-state index in [2.05, 4.69) is 15.4 Å². The number of halogens is 1. The second-order valence-corrected chi connectivity index (χ2v) is 5.55. The molecule has 0 saturated carbocycles. The van der Waals surface area contributed by atoms with Gasteiger partial charge in [-0.25, -0.2) is 9.07 Å². The summed E-state index contributed by atoms with van der Waals surface area (Å²) in [4.78, 5) is 14.3. The van der Waals surface area contributed by atoms with Crippen molar-refractivity contribution in [2.75, 3.05) is 13.1 Å². The molecule has 8 heteroatoms. The van der Waals surface area contributed by atoms with Crippen molar-refractivity contribution >= 4 is 5.91 Å². The topological polar surface area (TPSA) is 68.8 Å². The van der Waals surface area contributed by atoms with Gasteiger partial charge in [0.05, 0.1) is 19.3 Å². The lowest BCUT2D eigenvalue weighted by Gasteiger charge is -2.19. The molecule has 0 N–H and O–H groups in total. The number of likely N-dealkylation sites (N-methyl/N-ethyl adjacent to an activating group) is 1. The van der Waals surface area contributed by atoms with Crippen LogP contribution in [0, 0.1) is 5.82 Å². The Morgan fingerprint density at radius 3 is 2.80 bits per heavy atom. The molecule has 0 aliphatic heterocycles. The van der Waals surface area contributed by atoms with Gasteiger partial charge < -0.3 is 4.90 Å². The Bertz CT molecular complexity index is 829. The van der Waals surface area contributed by atoms with Crippen molar-refractivity contribution in [2.45, 2.75) is 20.0 Å². The van der Waals surface area contributed by atoms with Crippen molar-refractivity contribution in [1.82, 2.24) is 29.7 Å². The van der Waals surface area contributed by atoms with Crippen LogP contribution < -0.4 is 0 Å². The van der Waals surface area contributed by atoms with E-state index in [1.807, 2.05) is 19.2 Å². The molecule has 0 aliphatic carbocycles. The Morgan fingerprint density at radius 1 is 1.24 bits per heavy atom. The van der Waals surface area contributed by atoms with E-state index in [1.165, 1.54) is 10.7 Å². The first-order valence-corrected chi connectivity index (χ1v) is 8.07. The fraction of sp³-hybridized carbons (Fsp3) is 0.294. The summed E-state index contributed by atoms with van der Waals surface area (Å²) in [7, 11) is 0. The molecule has 1 amide bonds. The minimum Gasteiger partial charge on any atom is -0.336 e. The van der Waals surface area contributed by atoms with E-state index < -0.39 is 0 Å². The molecule has 1 aromatic carbocycles. The Hall–Kier alpha value is -3.03. The van der Waals surface area contributed by atoms with Crippen molar-refractivity contribution in [2.24, 2.45) is 0 Å². The number of carbonyl (C=O) groups is 1. The SMILES string of the molecule is CCN(CCn1cccn1)C(=O)c1cn(Cc2ccccc2F)nn1. The average Bonchev–Trinajstić information content (AvgIpc) is 3.29. The molecule has 3 aromatic rings. The fourth-order valence-corrected chi connectivity index (χ4v) is 2.50. The molecular weight excluding hydrogens is 323 g/mol. The lowest BCUT2D eigenvalue weighted by atomic mass is 10.2. The maximum atomic E-state index is 13.7. The van der Waals surface area contributed by atoms with Crippen LogP contribution in [0.3, 0.4) is 0 Å². The van der Waals surface area contributed by atoms with Crippen molar-refractivity contribution in [1.29, 1.82) is 0 Å². The molecule has 7 nitrogen and oxygen atoms in total. The van der Waals surface area contributed by atoms with Crippen LogP contribution in [0.25, 0.3) is 0 Å². The van der Waals surface area contributed by atoms with Crippen LogP contribution in [0.15, 0.2) is 48.9 Å². The smallest absolute Gasteiger partial charge is 0.276 e. The lowest BCUT2D eigenvalue weighted by molar-refractivity contribution is 0.0751. The molecule has 2 heterocycles. The number of rotatable bonds is 7. The summed E-state index contributed by atoms with van der Waals surface area (Å²) in [6, 6.07) is 8.31. The molecule has 0 unspecified atom stereocenters. The highest BCUT2D eigenvalue weighted by Crippen LogP contribution is 2.09. The van der Waals surface area contributed by atoms with Crippen LogP contribution >= 0.6 is 0 Å². The standard InChI is InChI=1S/C17H19FN6O/c1-2-22(10-11-23-9-5-8-19-23)17(25)16-13-24(21-20-16)12-14-6-3-4-7-15(14)18/h3-9,13H,2,10-12H2,1H3. The van der Waals surface area contributed by atoms with Crippen LogP contribution in [0.2, 0.25) is 0 Å². The summed E-state index contributed by atoms with van der Waals surface area (Å²) < 4.78 is 16.9. The summed E-state index contributed by atoms with van der Waals surface area (Å²) in [5.74, 6) is -0.505. The van der Waals surface area contributed by atoms with Gasteiger partial charge in [0.2, 0.25) is 0 Å². The van der Waals surface area contributed by atoms with E-state index in [0.29, 0.717) is 25.2 Å². The Kier molecular flexibility index (Phi) is 5.17. The highest BCUT2D eigenvalue weighted by molar-refractivity contribution is 5.91. The van der Waals surface area contributed by atoms with Gasteiger partial charge in [-0.3, -0.25) is 9.48 Å². The number of hydrogen-bond acceptors (Lipinski definition) is 4. The van der Waals surface area contributed by atoms with Crippen molar-refractivity contribution in [3.05, 3.63) is 66.0 Å². The minimum atomic E-state index is -0.305. The van der Waals surface area contributed by atoms with Gasteiger partial charge in [-0.15, -0.1) is 5.10 Å². The molecule has 130 valence electrons. The molecule has 0 atom stereocenters. The Labute approximate surface area is 144 Å². The van der Waals surface area contributed by atoms with E-state index in [0.717, 1.165) is 0 Å². The van der Waals surface area contributed by atoms with Gasteiger partial charge in [0, 0.05) is 31.0 Å². The molecule has 0 spiro atoms. The third kappa shape index (κ3) is 4.09. The molecule has 3 rings (SSSR count). The van der Waals surface area contributed by atoms with Gasteiger partial charge in [0.25, 0.3) is 5.91 Å².